The van der Waals surface area contributed by atoms with Crippen molar-refractivity contribution in [3.8, 4) is 0 Å². The Balaban J connectivity index is 5.24. The zero-order valence-corrected chi connectivity index (χ0v) is 73.0. The predicted octanol–water partition coefficient (Wildman–Crippen LogP) is 27.4. The summed E-state index contributed by atoms with van der Waals surface area (Å²) in [5.74, 6) is -0.475. The maximum Gasteiger partial charge on any atom is 0.472 e. The van der Waals surface area contributed by atoms with Gasteiger partial charge in [0.25, 0.3) is 0 Å². The molecular weight excluding hydrogens is 1400 g/mol. The molecule has 0 amide bonds. The van der Waals surface area contributed by atoms with Gasteiger partial charge in [0.05, 0.1) is 26.4 Å². The lowest BCUT2D eigenvalue weighted by molar-refractivity contribution is -0.161. The highest BCUT2D eigenvalue weighted by Crippen LogP contribution is 2.45. The van der Waals surface area contributed by atoms with E-state index in [0.717, 1.165) is 102 Å². The van der Waals surface area contributed by atoms with E-state index in [0.29, 0.717) is 25.7 Å². The van der Waals surface area contributed by atoms with Gasteiger partial charge in [-0.25, -0.2) is 9.13 Å². The molecular formula is C89H174O17P2. The van der Waals surface area contributed by atoms with Gasteiger partial charge >= 0.3 is 39.5 Å². The number of unbranched alkanes of at least 4 members (excludes halogenated alkanes) is 58. The molecule has 0 spiro atoms. The number of rotatable bonds is 88. The topological polar surface area (TPSA) is 237 Å². The molecule has 0 aliphatic heterocycles. The summed E-state index contributed by atoms with van der Waals surface area (Å²) in [6.07, 6.45) is 73.6. The molecule has 0 fully saturated rings. The van der Waals surface area contributed by atoms with Crippen molar-refractivity contribution >= 4 is 39.5 Å². The van der Waals surface area contributed by atoms with Gasteiger partial charge in [-0.1, -0.05) is 427 Å². The van der Waals surface area contributed by atoms with Crippen LogP contribution < -0.4 is 0 Å². The van der Waals surface area contributed by atoms with Crippen LogP contribution in [0, 0.1) is 11.8 Å². The zero-order chi connectivity index (χ0) is 79.2. The number of ether oxygens (including phenoxy) is 4. The fourth-order valence-corrected chi connectivity index (χ4v) is 15.5. The third kappa shape index (κ3) is 82.1. The van der Waals surface area contributed by atoms with Crippen LogP contribution in [0.2, 0.25) is 0 Å². The van der Waals surface area contributed by atoms with E-state index in [9.17, 15) is 43.2 Å². The van der Waals surface area contributed by atoms with Crippen molar-refractivity contribution in [3.63, 3.8) is 0 Å². The van der Waals surface area contributed by atoms with Crippen LogP contribution in [0.15, 0.2) is 0 Å². The number of carbonyl (C=O) groups is 4. The van der Waals surface area contributed by atoms with Crippen molar-refractivity contribution < 1.29 is 80.2 Å². The molecule has 0 heterocycles. The normalized spacial score (nSPS) is 13.8. The number of phosphoric acid groups is 2. The van der Waals surface area contributed by atoms with Crippen LogP contribution in [-0.4, -0.2) is 96.7 Å². The molecule has 0 aliphatic rings. The van der Waals surface area contributed by atoms with Crippen LogP contribution in [0.3, 0.4) is 0 Å². The van der Waals surface area contributed by atoms with Crippen LogP contribution in [0.5, 0.6) is 0 Å². The highest BCUT2D eigenvalue weighted by molar-refractivity contribution is 7.47. The minimum Gasteiger partial charge on any atom is -0.462 e. The first-order valence-corrected chi connectivity index (χ1v) is 49.0. The van der Waals surface area contributed by atoms with Crippen molar-refractivity contribution in [2.75, 3.05) is 39.6 Å². The van der Waals surface area contributed by atoms with E-state index >= 15 is 0 Å². The largest absolute Gasteiger partial charge is 0.472 e. The van der Waals surface area contributed by atoms with Gasteiger partial charge < -0.3 is 33.8 Å². The van der Waals surface area contributed by atoms with Gasteiger partial charge in [0.1, 0.15) is 19.3 Å². The molecule has 642 valence electrons. The smallest absolute Gasteiger partial charge is 0.462 e. The van der Waals surface area contributed by atoms with Gasteiger partial charge in [-0.05, 0) is 37.5 Å². The summed E-state index contributed by atoms with van der Waals surface area (Å²) in [4.78, 5) is 73.3. The van der Waals surface area contributed by atoms with Crippen LogP contribution in [0.1, 0.15) is 478 Å². The van der Waals surface area contributed by atoms with E-state index in [-0.39, 0.29) is 25.7 Å². The Kier molecular flexibility index (Phi) is 78.8. The van der Waals surface area contributed by atoms with Gasteiger partial charge in [0, 0.05) is 25.7 Å². The molecule has 0 aromatic rings. The van der Waals surface area contributed by atoms with E-state index in [1.54, 1.807) is 0 Å². The van der Waals surface area contributed by atoms with E-state index in [1.807, 2.05) is 0 Å². The number of phosphoric ester groups is 2. The average molecular weight is 1580 g/mol. The molecule has 19 heteroatoms. The van der Waals surface area contributed by atoms with Crippen molar-refractivity contribution in [1.29, 1.82) is 0 Å². The third-order valence-electron chi connectivity index (χ3n) is 21.0. The SMILES string of the molecule is CCCCCCCCCCCCCCCCCCCCCC(=O)O[C@H](COC(=O)CCCCCCCCCCCCC)COP(=O)(O)OC[C@H](O)COP(=O)(O)OC[C@@H](COC(=O)CCCCCCCCCCCCCCCCCCC(C)C)OC(=O)CCCCCCCCCCCCCCCCCCC(C)C. The number of carbonyl (C=O) groups excluding carboxylic acids is 4. The second-order valence-corrected chi connectivity index (χ2v) is 35.8. The maximum atomic E-state index is 13.2. The summed E-state index contributed by atoms with van der Waals surface area (Å²) in [7, 11) is -9.93. The lowest BCUT2D eigenvalue weighted by Crippen LogP contribution is -2.30. The number of aliphatic hydroxyl groups excluding tert-OH is 1. The quantitative estimate of drug-likeness (QED) is 0.0222. The minimum atomic E-state index is -4.97. The molecule has 2 unspecified atom stereocenters. The summed E-state index contributed by atoms with van der Waals surface area (Å²) in [5.41, 5.74) is 0. The third-order valence-corrected chi connectivity index (χ3v) is 22.9. The number of esters is 4. The summed E-state index contributed by atoms with van der Waals surface area (Å²) >= 11 is 0. The average Bonchev–Trinajstić information content (AvgIpc) is 0.940. The minimum absolute atomic E-state index is 0.109. The number of hydrogen-bond acceptors (Lipinski definition) is 15. The molecule has 0 rings (SSSR count). The van der Waals surface area contributed by atoms with Gasteiger partial charge in [0.2, 0.25) is 0 Å². The molecule has 3 N–H and O–H groups in total. The first-order chi connectivity index (χ1) is 52.4. The second-order valence-electron chi connectivity index (χ2n) is 32.9. The highest BCUT2D eigenvalue weighted by atomic mass is 31.2. The first kappa shape index (κ1) is 106. The number of aliphatic hydroxyl groups is 1. The van der Waals surface area contributed by atoms with Crippen LogP contribution in [0.4, 0.5) is 0 Å². The van der Waals surface area contributed by atoms with Crippen molar-refractivity contribution in [1.82, 2.24) is 0 Å². The predicted molar refractivity (Wildman–Crippen MR) is 446 cm³/mol. The Morgan fingerprint density at radius 3 is 0.630 bits per heavy atom. The van der Waals surface area contributed by atoms with E-state index < -0.39 is 97.5 Å². The Bertz CT molecular complexity index is 2060. The van der Waals surface area contributed by atoms with Gasteiger partial charge in [0.15, 0.2) is 12.2 Å². The second kappa shape index (κ2) is 80.3. The monoisotopic (exact) mass is 1580 g/mol. The molecule has 17 nitrogen and oxygen atoms in total. The maximum absolute atomic E-state index is 13.2. The fraction of sp³-hybridized carbons (Fsp3) is 0.955. The summed E-state index contributed by atoms with van der Waals surface area (Å²) in [6.45, 7) is 9.75. The zero-order valence-electron chi connectivity index (χ0n) is 71.2. The first-order valence-electron chi connectivity index (χ1n) is 46.0. The number of hydrogen-bond donors (Lipinski definition) is 3. The highest BCUT2D eigenvalue weighted by Gasteiger charge is 2.31. The molecule has 0 bridgehead atoms. The van der Waals surface area contributed by atoms with Crippen LogP contribution >= 0.6 is 15.6 Å². The molecule has 108 heavy (non-hydrogen) atoms. The van der Waals surface area contributed by atoms with E-state index in [2.05, 4.69) is 41.5 Å². The van der Waals surface area contributed by atoms with Crippen molar-refractivity contribution in [2.45, 2.75) is 496 Å². The fourth-order valence-electron chi connectivity index (χ4n) is 14.0. The van der Waals surface area contributed by atoms with Crippen LogP contribution in [0.25, 0.3) is 0 Å². The van der Waals surface area contributed by atoms with E-state index in [1.165, 1.54) is 295 Å². The lowest BCUT2D eigenvalue weighted by Gasteiger charge is -2.21. The van der Waals surface area contributed by atoms with Gasteiger partial charge in [-0.15, -0.1) is 0 Å². The standard InChI is InChI=1S/C89H174O17P2/c1-7-9-11-13-15-17-19-20-21-22-23-24-32-37-43-49-55-61-67-73-88(93)105-84(77-99-86(91)71-65-59-53-47-39-18-16-14-12-10-8-2)79-103-107(95,96)101-75-83(90)76-102-108(97,98)104-80-85(106-89(94)74-68-62-56-50-44-38-33-28-26-30-35-41-46-52-58-64-70-82(5)6)78-100-87(92)72-66-60-54-48-42-36-31-27-25-29-34-40-45-51-57-63-69-81(3)4/h81-85,90H,7-80H2,1-6H3,(H,95,96)(H,97,98)/t83-,84+,85+/m0/s1. The van der Waals surface area contributed by atoms with Crippen molar-refractivity contribution in [2.24, 2.45) is 11.8 Å². The Labute approximate surface area is 664 Å². The van der Waals surface area contributed by atoms with Crippen LogP contribution in [-0.2, 0) is 65.4 Å². The van der Waals surface area contributed by atoms with Gasteiger partial charge in [-0.3, -0.25) is 37.3 Å². The summed E-state index contributed by atoms with van der Waals surface area (Å²) in [5, 5.41) is 10.7. The molecule has 5 atom stereocenters. The molecule has 0 aliphatic carbocycles. The van der Waals surface area contributed by atoms with Gasteiger partial charge in [-0.2, -0.15) is 0 Å². The summed E-state index contributed by atoms with van der Waals surface area (Å²) < 4.78 is 69.0. The molecule has 0 radical (unpaired) electrons. The lowest BCUT2D eigenvalue weighted by atomic mass is 10.0. The Hall–Kier alpha value is -1.94. The molecule has 0 aromatic heterocycles. The summed E-state index contributed by atoms with van der Waals surface area (Å²) in [6, 6.07) is 0. The van der Waals surface area contributed by atoms with E-state index in [4.69, 9.17) is 37.0 Å². The molecule has 0 saturated heterocycles. The molecule has 0 saturated carbocycles. The Morgan fingerprint density at radius 1 is 0.250 bits per heavy atom. The van der Waals surface area contributed by atoms with Crippen molar-refractivity contribution in [3.05, 3.63) is 0 Å². The Morgan fingerprint density at radius 2 is 0.426 bits per heavy atom. The molecule has 0 aromatic carbocycles.